The van der Waals surface area contributed by atoms with Gasteiger partial charge in [-0.3, -0.25) is 4.90 Å². The molecule has 2 rings (SSSR count). The van der Waals surface area contributed by atoms with Crippen molar-refractivity contribution < 1.29 is 5.11 Å². The number of likely N-dealkylation sites (tertiary alicyclic amines) is 1. The van der Waals surface area contributed by atoms with Crippen LogP contribution in [0.3, 0.4) is 0 Å². The molecule has 0 aromatic rings. The van der Waals surface area contributed by atoms with Crippen molar-refractivity contribution in [3.63, 3.8) is 0 Å². The van der Waals surface area contributed by atoms with E-state index in [2.05, 4.69) is 18.7 Å². The summed E-state index contributed by atoms with van der Waals surface area (Å²) in [7, 11) is 0. The van der Waals surface area contributed by atoms with Crippen LogP contribution in [0, 0.1) is 5.92 Å². The molecule has 2 nitrogen and oxygen atoms in total. The topological polar surface area (TPSA) is 23.5 Å². The lowest BCUT2D eigenvalue weighted by atomic mass is 9.87. The number of aliphatic hydroxyl groups is 1. The summed E-state index contributed by atoms with van der Waals surface area (Å²) in [6, 6.07) is 1.06. The highest BCUT2D eigenvalue weighted by Crippen LogP contribution is 2.29. The molecule has 0 aromatic heterocycles. The first kappa shape index (κ1) is 17.3. The molecule has 2 heteroatoms. The molecule has 1 saturated carbocycles. The van der Waals surface area contributed by atoms with Gasteiger partial charge in [0, 0.05) is 12.1 Å². The average molecular weight is 296 g/mol. The fourth-order valence-corrected chi connectivity index (χ4v) is 4.37. The highest BCUT2D eigenvalue weighted by atomic mass is 16.3. The number of piperidine rings is 1. The number of nitrogens with zero attached hydrogens (tertiary/aromatic N) is 1. The van der Waals surface area contributed by atoms with Gasteiger partial charge in [-0.1, -0.05) is 58.3 Å². The van der Waals surface area contributed by atoms with Crippen LogP contribution < -0.4 is 0 Å². The Morgan fingerprint density at radius 2 is 1.29 bits per heavy atom. The second-order valence-electron chi connectivity index (χ2n) is 7.64. The molecule has 4 unspecified atom stereocenters. The second-order valence-corrected chi connectivity index (χ2v) is 7.64. The molecular formula is C19H37NO. The highest BCUT2D eigenvalue weighted by molar-refractivity contribution is 4.87. The predicted octanol–water partition coefficient (Wildman–Crippen LogP) is 4.75. The molecule has 1 saturated heterocycles. The fraction of sp³-hybridized carbons (Fsp3) is 1.00. The summed E-state index contributed by atoms with van der Waals surface area (Å²) in [5.41, 5.74) is 0. The van der Waals surface area contributed by atoms with Crippen molar-refractivity contribution in [2.75, 3.05) is 6.54 Å². The lowest BCUT2D eigenvalue weighted by Gasteiger charge is -2.45. The van der Waals surface area contributed by atoms with Crippen molar-refractivity contribution in [3.05, 3.63) is 0 Å². The molecular weight excluding hydrogens is 258 g/mol. The molecule has 124 valence electrons. The van der Waals surface area contributed by atoms with E-state index in [4.69, 9.17) is 0 Å². The number of rotatable bonds is 1. The van der Waals surface area contributed by atoms with E-state index < -0.39 is 0 Å². The van der Waals surface area contributed by atoms with E-state index in [0.29, 0.717) is 12.1 Å². The SMILES string of the molecule is CC1CCCN(C2CCCCCCCCCCC2O)C1C. The Morgan fingerprint density at radius 1 is 0.714 bits per heavy atom. The van der Waals surface area contributed by atoms with E-state index in [9.17, 15) is 5.11 Å². The molecule has 4 atom stereocenters. The summed E-state index contributed by atoms with van der Waals surface area (Å²) < 4.78 is 0. The minimum absolute atomic E-state index is 0.0998. The van der Waals surface area contributed by atoms with Gasteiger partial charge in [-0.15, -0.1) is 0 Å². The van der Waals surface area contributed by atoms with Gasteiger partial charge >= 0.3 is 0 Å². The minimum atomic E-state index is -0.0998. The molecule has 2 aliphatic rings. The van der Waals surface area contributed by atoms with E-state index in [-0.39, 0.29) is 6.10 Å². The van der Waals surface area contributed by atoms with E-state index in [1.165, 1.54) is 77.2 Å². The van der Waals surface area contributed by atoms with Crippen molar-refractivity contribution >= 4 is 0 Å². The molecule has 0 aromatic carbocycles. The third-order valence-corrected chi connectivity index (χ3v) is 6.04. The molecule has 0 radical (unpaired) electrons. The first-order valence-corrected chi connectivity index (χ1v) is 9.64. The number of hydrogen-bond acceptors (Lipinski definition) is 2. The zero-order chi connectivity index (χ0) is 15.1. The molecule has 1 N–H and O–H groups in total. The van der Waals surface area contributed by atoms with Gasteiger partial charge in [0.2, 0.25) is 0 Å². The summed E-state index contributed by atoms with van der Waals surface area (Å²) in [5, 5.41) is 10.8. The summed E-state index contributed by atoms with van der Waals surface area (Å²) in [6.07, 6.45) is 15.6. The van der Waals surface area contributed by atoms with Crippen LogP contribution in [-0.2, 0) is 0 Å². The summed E-state index contributed by atoms with van der Waals surface area (Å²) in [6.45, 7) is 5.97. The maximum Gasteiger partial charge on any atom is 0.0695 e. The Hall–Kier alpha value is -0.0800. The third-order valence-electron chi connectivity index (χ3n) is 6.04. The van der Waals surface area contributed by atoms with Crippen LogP contribution in [0.2, 0.25) is 0 Å². The van der Waals surface area contributed by atoms with Crippen LogP contribution in [0.1, 0.15) is 90.9 Å². The predicted molar refractivity (Wildman–Crippen MR) is 90.5 cm³/mol. The lowest BCUT2D eigenvalue weighted by Crippen LogP contribution is -2.52. The van der Waals surface area contributed by atoms with Gasteiger partial charge in [0.15, 0.2) is 0 Å². The summed E-state index contributed by atoms with van der Waals surface area (Å²) in [5.74, 6) is 0.785. The van der Waals surface area contributed by atoms with Crippen LogP contribution >= 0.6 is 0 Å². The van der Waals surface area contributed by atoms with E-state index in [1.807, 2.05) is 0 Å². The van der Waals surface area contributed by atoms with E-state index in [0.717, 1.165) is 12.3 Å². The molecule has 0 bridgehead atoms. The molecule has 1 aliphatic heterocycles. The van der Waals surface area contributed by atoms with Crippen LogP contribution in [0.5, 0.6) is 0 Å². The van der Waals surface area contributed by atoms with Gasteiger partial charge in [-0.05, 0) is 45.1 Å². The second kappa shape index (κ2) is 9.15. The van der Waals surface area contributed by atoms with E-state index in [1.54, 1.807) is 0 Å². The summed E-state index contributed by atoms with van der Waals surface area (Å²) in [4.78, 5) is 2.66. The fourth-order valence-electron chi connectivity index (χ4n) is 4.37. The quantitative estimate of drug-likeness (QED) is 0.754. The van der Waals surface area contributed by atoms with Gasteiger partial charge in [0.05, 0.1) is 6.10 Å². The Labute approximate surface area is 132 Å². The lowest BCUT2D eigenvalue weighted by molar-refractivity contribution is -0.0134. The van der Waals surface area contributed by atoms with Gasteiger partial charge in [0.25, 0.3) is 0 Å². The Kier molecular flexibility index (Phi) is 7.53. The maximum atomic E-state index is 10.8. The monoisotopic (exact) mass is 295 g/mol. The Bertz CT molecular complexity index is 281. The van der Waals surface area contributed by atoms with Crippen LogP contribution in [0.15, 0.2) is 0 Å². The normalized spacial score (nSPS) is 38.4. The molecule has 1 aliphatic carbocycles. The smallest absolute Gasteiger partial charge is 0.0695 e. The van der Waals surface area contributed by atoms with Gasteiger partial charge < -0.3 is 5.11 Å². The average Bonchev–Trinajstić information content (AvgIpc) is 2.46. The van der Waals surface area contributed by atoms with Crippen LogP contribution in [0.25, 0.3) is 0 Å². The van der Waals surface area contributed by atoms with Crippen LogP contribution in [-0.4, -0.2) is 34.7 Å². The summed E-state index contributed by atoms with van der Waals surface area (Å²) >= 11 is 0. The Balaban J connectivity index is 1.96. The third kappa shape index (κ3) is 5.25. The minimum Gasteiger partial charge on any atom is -0.391 e. The molecule has 1 heterocycles. The molecule has 0 spiro atoms. The van der Waals surface area contributed by atoms with Crippen molar-refractivity contribution in [1.82, 2.24) is 4.90 Å². The number of aliphatic hydroxyl groups excluding tert-OH is 1. The van der Waals surface area contributed by atoms with Crippen molar-refractivity contribution in [3.8, 4) is 0 Å². The molecule has 2 fully saturated rings. The standard InChI is InChI=1S/C19H37NO/c1-16-12-11-15-20(17(16)2)18-13-9-7-5-3-4-6-8-10-14-19(18)21/h16-19,21H,3-15H2,1-2H3. The number of hydrogen-bond donors (Lipinski definition) is 1. The first-order chi connectivity index (χ1) is 10.2. The first-order valence-electron chi connectivity index (χ1n) is 9.64. The van der Waals surface area contributed by atoms with Crippen molar-refractivity contribution in [1.29, 1.82) is 0 Å². The largest absolute Gasteiger partial charge is 0.391 e. The highest BCUT2D eigenvalue weighted by Gasteiger charge is 2.33. The van der Waals surface area contributed by atoms with Crippen molar-refractivity contribution in [2.45, 2.75) is 109 Å². The van der Waals surface area contributed by atoms with Gasteiger partial charge in [-0.25, -0.2) is 0 Å². The van der Waals surface area contributed by atoms with Gasteiger partial charge in [-0.2, -0.15) is 0 Å². The van der Waals surface area contributed by atoms with Gasteiger partial charge in [0.1, 0.15) is 0 Å². The molecule has 0 amide bonds. The van der Waals surface area contributed by atoms with Crippen molar-refractivity contribution in [2.24, 2.45) is 5.92 Å². The van der Waals surface area contributed by atoms with Crippen LogP contribution in [0.4, 0.5) is 0 Å². The zero-order valence-corrected chi connectivity index (χ0v) is 14.4. The zero-order valence-electron chi connectivity index (χ0n) is 14.4. The maximum absolute atomic E-state index is 10.8. The Morgan fingerprint density at radius 3 is 1.95 bits per heavy atom. The van der Waals surface area contributed by atoms with E-state index >= 15 is 0 Å². The molecule has 21 heavy (non-hydrogen) atoms.